The van der Waals surface area contributed by atoms with Gasteiger partial charge < -0.3 is 5.32 Å². The Morgan fingerprint density at radius 1 is 1.39 bits per heavy atom. The van der Waals surface area contributed by atoms with Crippen LogP contribution in [0.15, 0.2) is 12.2 Å². The molecule has 18 heavy (non-hydrogen) atoms. The number of rotatable bonds is 2. The Balaban J connectivity index is 1.88. The molecule has 0 radical (unpaired) electrons. The van der Waals surface area contributed by atoms with Crippen molar-refractivity contribution in [2.24, 2.45) is 11.8 Å². The molecule has 7 heteroatoms. The van der Waals surface area contributed by atoms with Gasteiger partial charge in [0.15, 0.2) is 0 Å². The third-order valence-corrected chi connectivity index (χ3v) is 4.66. The summed E-state index contributed by atoms with van der Waals surface area (Å²) in [4.78, 5) is 11.5. The molecule has 0 aromatic rings. The fourth-order valence-electron chi connectivity index (χ4n) is 2.49. The van der Waals surface area contributed by atoms with Crippen molar-refractivity contribution in [2.45, 2.75) is 31.3 Å². The number of allylic oxidation sites excluding steroid dienone is 1. The highest BCUT2D eigenvalue weighted by Gasteiger charge is 2.38. The first-order valence-electron chi connectivity index (χ1n) is 5.75. The van der Waals surface area contributed by atoms with Crippen molar-refractivity contribution in [1.29, 1.82) is 0 Å². The predicted octanol–water partition coefficient (Wildman–Crippen LogP) is 2.78. The standard InChI is InChI=1S/C11H15F3N2OS/c1-2-18(11(12,13)14)16-10(17)15-9-6-7-3-4-8(9)5-7/h2-4,7-9H,5-6H2,1H3,(H2,15,16,17). The lowest BCUT2D eigenvalue weighted by atomic mass is 10.0. The van der Waals surface area contributed by atoms with Gasteiger partial charge in [-0.25, -0.2) is 4.79 Å². The van der Waals surface area contributed by atoms with Crippen molar-refractivity contribution >= 4 is 22.1 Å². The van der Waals surface area contributed by atoms with E-state index in [1.165, 1.54) is 6.92 Å². The van der Waals surface area contributed by atoms with Gasteiger partial charge in [0.2, 0.25) is 0 Å². The van der Waals surface area contributed by atoms with Crippen molar-refractivity contribution in [1.82, 2.24) is 10.0 Å². The van der Waals surface area contributed by atoms with Gasteiger partial charge in [0, 0.05) is 16.7 Å². The van der Waals surface area contributed by atoms with Crippen LogP contribution >= 0.6 is 10.7 Å². The number of nitrogens with one attached hydrogen (secondary N) is 2. The summed E-state index contributed by atoms with van der Waals surface area (Å²) >= 11 is 0. The number of alkyl halides is 3. The van der Waals surface area contributed by atoms with E-state index in [0.29, 0.717) is 5.92 Å². The molecule has 0 heterocycles. The van der Waals surface area contributed by atoms with Gasteiger partial charge in [-0.3, -0.25) is 4.72 Å². The van der Waals surface area contributed by atoms with Crippen LogP contribution < -0.4 is 10.0 Å². The van der Waals surface area contributed by atoms with Crippen LogP contribution in [0, 0.1) is 11.8 Å². The number of amides is 2. The summed E-state index contributed by atoms with van der Waals surface area (Å²) < 4.78 is 39.4. The third kappa shape index (κ3) is 2.88. The second-order valence-corrected chi connectivity index (χ2v) is 6.30. The van der Waals surface area contributed by atoms with E-state index < -0.39 is 22.2 Å². The highest BCUT2D eigenvalue weighted by Crippen LogP contribution is 2.39. The van der Waals surface area contributed by atoms with Crippen molar-refractivity contribution in [3.63, 3.8) is 0 Å². The summed E-state index contributed by atoms with van der Waals surface area (Å²) in [6.45, 7) is 1.29. The van der Waals surface area contributed by atoms with Crippen molar-refractivity contribution in [3.05, 3.63) is 12.2 Å². The molecule has 1 saturated carbocycles. The van der Waals surface area contributed by atoms with E-state index in [-0.39, 0.29) is 12.0 Å². The van der Waals surface area contributed by atoms with Gasteiger partial charge in [0.25, 0.3) is 0 Å². The van der Waals surface area contributed by atoms with Crippen molar-refractivity contribution in [3.8, 4) is 0 Å². The largest absolute Gasteiger partial charge is 0.454 e. The lowest BCUT2D eigenvalue weighted by Crippen LogP contribution is -2.43. The molecule has 2 bridgehead atoms. The number of urea groups is 1. The molecule has 0 saturated heterocycles. The minimum Gasteiger partial charge on any atom is -0.334 e. The first-order chi connectivity index (χ1) is 8.40. The van der Waals surface area contributed by atoms with Crippen LogP contribution in [0.4, 0.5) is 18.0 Å². The van der Waals surface area contributed by atoms with Crippen LogP contribution in [0.3, 0.4) is 0 Å². The Labute approximate surface area is 106 Å². The lowest BCUT2D eigenvalue weighted by Gasteiger charge is -2.21. The minimum absolute atomic E-state index is 0.0319. The van der Waals surface area contributed by atoms with E-state index in [1.807, 2.05) is 10.8 Å². The molecule has 4 atom stereocenters. The zero-order chi connectivity index (χ0) is 13.3. The molecular formula is C11H15F3N2OS. The molecule has 2 aliphatic rings. The van der Waals surface area contributed by atoms with Gasteiger partial charge in [0.05, 0.1) is 0 Å². The van der Waals surface area contributed by atoms with E-state index in [9.17, 15) is 18.0 Å². The van der Waals surface area contributed by atoms with Gasteiger partial charge in [-0.1, -0.05) is 12.2 Å². The monoisotopic (exact) mass is 280 g/mol. The second kappa shape index (κ2) is 4.95. The molecular weight excluding hydrogens is 265 g/mol. The van der Waals surface area contributed by atoms with E-state index in [2.05, 4.69) is 11.4 Å². The number of hydrogen-bond donors (Lipinski definition) is 2. The highest BCUT2D eigenvalue weighted by molar-refractivity contribution is 8.14. The first-order valence-corrected chi connectivity index (χ1v) is 7.04. The molecule has 1 fully saturated rings. The number of hydrogen-bond acceptors (Lipinski definition) is 1. The average molecular weight is 280 g/mol. The topological polar surface area (TPSA) is 41.1 Å². The zero-order valence-corrected chi connectivity index (χ0v) is 10.6. The number of halogens is 3. The van der Waals surface area contributed by atoms with Crippen LogP contribution in [0.1, 0.15) is 19.8 Å². The number of carbonyl (C=O) groups excluding carboxylic acids is 1. The van der Waals surface area contributed by atoms with Crippen LogP contribution in [0.2, 0.25) is 0 Å². The third-order valence-electron chi connectivity index (χ3n) is 3.28. The van der Waals surface area contributed by atoms with E-state index in [1.54, 1.807) is 0 Å². The Bertz CT molecular complexity index is 406. The second-order valence-electron chi connectivity index (χ2n) is 4.48. The molecule has 0 aromatic carbocycles. The molecule has 2 amide bonds. The van der Waals surface area contributed by atoms with Crippen LogP contribution in [0.5, 0.6) is 0 Å². The van der Waals surface area contributed by atoms with E-state index in [0.717, 1.165) is 18.2 Å². The quantitative estimate of drug-likeness (QED) is 0.592. The summed E-state index contributed by atoms with van der Waals surface area (Å²) in [7, 11) is -2.19. The molecule has 0 aliphatic heterocycles. The molecule has 102 valence electrons. The normalized spacial score (nSPS) is 31.7. The fourth-order valence-corrected chi connectivity index (χ4v) is 3.25. The molecule has 0 aromatic heterocycles. The summed E-state index contributed by atoms with van der Waals surface area (Å²) in [5.74, 6) is 0.748. The van der Waals surface area contributed by atoms with Crippen LogP contribution in [-0.4, -0.2) is 22.9 Å². The molecule has 0 spiro atoms. The van der Waals surface area contributed by atoms with E-state index in [4.69, 9.17) is 0 Å². The maximum absolute atomic E-state index is 12.5. The maximum Gasteiger partial charge on any atom is 0.454 e. The minimum atomic E-state index is -4.42. The van der Waals surface area contributed by atoms with Gasteiger partial charge in [-0.05, 0) is 37.0 Å². The highest BCUT2D eigenvalue weighted by atomic mass is 32.2. The van der Waals surface area contributed by atoms with Gasteiger partial charge in [-0.2, -0.15) is 13.2 Å². The Morgan fingerprint density at radius 2 is 2.11 bits per heavy atom. The summed E-state index contributed by atoms with van der Waals surface area (Å²) in [5.41, 5.74) is -4.42. The molecule has 2 rings (SSSR count). The van der Waals surface area contributed by atoms with Gasteiger partial charge in [0.1, 0.15) is 0 Å². The van der Waals surface area contributed by atoms with Gasteiger partial charge >= 0.3 is 11.5 Å². The Hall–Kier alpha value is -0.980. The molecule has 3 nitrogen and oxygen atoms in total. The summed E-state index contributed by atoms with van der Waals surface area (Å²) in [6.07, 6.45) is 5.97. The van der Waals surface area contributed by atoms with E-state index >= 15 is 0 Å². The van der Waals surface area contributed by atoms with Crippen molar-refractivity contribution in [2.75, 3.05) is 0 Å². The SMILES string of the molecule is C/C=S(/NC(=O)NC1CC2C=CC1C2)C(F)(F)F. The lowest BCUT2D eigenvalue weighted by molar-refractivity contribution is -0.0340. The Morgan fingerprint density at radius 3 is 2.56 bits per heavy atom. The van der Waals surface area contributed by atoms with Crippen LogP contribution in [0.25, 0.3) is 0 Å². The molecule has 4 unspecified atom stereocenters. The fraction of sp³-hybridized carbons (Fsp3) is 0.636. The number of carbonyl (C=O) groups is 1. The Kier molecular flexibility index (Phi) is 3.70. The van der Waals surface area contributed by atoms with Crippen LogP contribution in [-0.2, 0) is 0 Å². The maximum atomic E-state index is 12.5. The molecule has 2 N–H and O–H groups in total. The first kappa shape index (κ1) is 13.5. The summed E-state index contributed by atoms with van der Waals surface area (Å²) in [6, 6.07) is -0.768. The zero-order valence-electron chi connectivity index (χ0n) is 9.83. The predicted molar refractivity (Wildman–Crippen MR) is 66.2 cm³/mol. The van der Waals surface area contributed by atoms with Gasteiger partial charge in [-0.15, -0.1) is 0 Å². The van der Waals surface area contributed by atoms with Crippen molar-refractivity contribution < 1.29 is 18.0 Å². The average Bonchev–Trinajstić information content (AvgIpc) is 2.85. The molecule has 2 aliphatic carbocycles. The number of fused-ring (bicyclic) bond motifs is 2. The summed E-state index contributed by atoms with van der Waals surface area (Å²) in [5, 5.41) is 3.59. The smallest absolute Gasteiger partial charge is 0.334 e.